The zero-order valence-corrected chi connectivity index (χ0v) is 19.7. The first-order valence-electron chi connectivity index (χ1n) is 10.9. The molecule has 0 fully saturated rings. The van der Waals surface area contributed by atoms with E-state index in [1.807, 2.05) is 19.9 Å². The Morgan fingerprint density at radius 2 is 1.78 bits per heavy atom. The van der Waals surface area contributed by atoms with Crippen LogP contribution in [0.1, 0.15) is 63.3 Å². The zero-order chi connectivity index (χ0) is 24.0. The van der Waals surface area contributed by atoms with E-state index in [0.29, 0.717) is 23.2 Å². The van der Waals surface area contributed by atoms with Gasteiger partial charge in [-0.1, -0.05) is 41.0 Å². The van der Waals surface area contributed by atoms with Crippen molar-refractivity contribution in [3.05, 3.63) is 45.0 Å². The average Bonchev–Trinajstić information content (AvgIpc) is 3.14. The van der Waals surface area contributed by atoms with Crippen LogP contribution in [-0.4, -0.2) is 23.0 Å². The van der Waals surface area contributed by atoms with Crippen LogP contribution in [0.4, 0.5) is 0 Å². The minimum Gasteiger partial charge on any atom is -0.480 e. The number of carbonyl (C=O) groups excluding carboxylic acids is 1. The highest BCUT2D eigenvalue weighted by Gasteiger charge is 2.27. The van der Waals surface area contributed by atoms with Crippen LogP contribution in [0, 0.1) is 19.8 Å². The van der Waals surface area contributed by atoms with E-state index < -0.39 is 23.5 Å². The Morgan fingerprint density at radius 3 is 2.34 bits per heavy atom. The van der Waals surface area contributed by atoms with Crippen molar-refractivity contribution in [2.24, 2.45) is 5.92 Å². The quantitative estimate of drug-likeness (QED) is 0.541. The van der Waals surface area contributed by atoms with Gasteiger partial charge in [0.05, 0.1) is 18.2 Å². The number of furan rings is 1. The Morgan fingerprint density at radius 1 is 1.12 bits per heavy atom. The summed E-state index contributed by atoms with van der Waals surface area (Å²) < 4.78 is 11.4. The Kier molecular flexibility index (Phi) is 6.22. The van der Waals surface area contributed by atoms with Gasteiger partial charge in [0.25, 0.3) is 0 Å². The average molecular weight is 442 g/mol. The predicted octanol–water partition coefficient (Wildman–Crippen LogP) is 4.61. The maximum absolute atomic E-state index is 12.8. The van der Waals surface area contributed by atoms with E-state index in [4.69, 9.17) is 8.83 Å². The van der Waals surface area contributed by atoms with E-state index in [-0.39, 0.29) is 23.3 Å². The lowest BCUT2D eigenvalue weighted by molar-refractivity contribution is -0.143. The van der Waals surface area contributed by atoms with Crippen LogP contribution in [0.15, 0.2) is 26.0 Å². The highest BCUT2D eigenvalue weighted by Crippen LogP contribution is 2.37. The third kappa shape index (κ3) is 4.16. The highest BCUT2D eigenvalue weighted by molar-refractivity contribution is 6.00. The number of carbonyl (C=O) groups is 2. The molecule has 3 rings (SSSR count). The maximum atomic E-state index is 12.8. The lowest BCUT2D eigenvalue weighted by Gasteiger charge is -2.20. The minimum absolute atomic E-state index is 0.139. The first-order valence-corrected chi connectivity index (χ1v) is 10.9. The van der Waals surface area contributed by atoms with Gasteiger partial charge in [-0.15, -0.1) is 0 Å². The van der Waals surface area contributed by atoms with Crippen LogP contribution in [0.25, 0.3) is 21.9 Å². The van der Waals surface area contributed by atoms with Gasteiger partial charge >= 0.3 is 11.6 Å². The van der Waals surface area contributed by atoms with Crippen molar-refractivity contribution < 1.29 is 23.5 Å². The molecule has 7 nitrogen and oxygen atoms in total. The molecule has 0 saturated heterocycles. The Bertz CT molecular complexity index is 1260. The second-order valence-electron chi connectivity index (χ2n) is 9.59. The van der Waals surface area contributed by atoms with Gasteiger partial charge in [0.2, 0.25) is 5.91 Å². The van der Waals surface area contributed by atoms with Crippen LogP contribution >= 0.6 is 0 Å². The fraction of sp³-hybridized carbons (Fsp3) is 0.480. The van der Waals surface area contributed by atoms with Crippen molar-refractivity contribution >= 4 is 33.8 Å². The highest BCUT2D eigenvalue weighted by atomic mass is 16.4. The fourth-order valence-electron chi connectivity index (χ4n) is 4.05. The predicted molar refractivity (Wildman–Crippen MR) is 123 cm³/mol. The van der Waals surface area contributed by atoms with Crippen molar-refractivity contribution in [1.29, 1.82) is 0 Å². The number of fused-ring (bicyclic) bond motifs is 2. The molecule has 0 radical (unpaired) electrons. The largest absolute Gasteiger partial charge is 0.480 e. The number of hydrogen-bond donors (Lipinski definition) is 2. The number of nitrogens with one attached hydrogen (secondary N) is 1. The molecule has 1 aromatic carbocycles. The molecule has 0 unspecified atom stereocenters. The standard InChI is InChI=1S/C25H31NO6/c1-8-12(2)20(23(28)29)26-19(27)10-16-13(3)15-9-17-18(25(5,6)7)11-31-21(17)14(4)22(15)32-24(16)30/h9,11-12,20H,8,10H2,1-7H3,(H,26,27)(H,28,29)/t12-,20-/m1/s1. The van der Waals surface area contributed by atoms with Gasteiger partial charge < -0.3 is 19.3 Å². The van der Waals surface area contributed by atoms with Crippen molar-refractivity contribution in [1.82, 2.24) is 5.32 Å². The molecule has 0 aliphatic heterocycles. The number of carboxylic acid groups (broad SMARTS) is 1. The van der Waals surface area contributed by atoms with Gasteiger partial charge in [-0.2, -0.15) is 0 Å². The van der Waals surface area contributed by atoms with Crippen LogP contribution in [0.3, 0.4) is 0 Å². The van der Waals surface area contributed by atoms with E-state index in [0.717, 1.165) is 21.9 Å². The molecular formula is C25H31NO6. The SMILES string of the molecule is CC[C@@H](C)[C@@H](NC(=O)Cc1c(C)c2cc3c(C(C)(C)C)coc3c(C)c2oc1=O)C(=O)O. The van der Waals surface area contributed by atoms with E-state index >= 15 is 0 Å². The molecule has 0 aliphatic rings. The van der Waals surface area contributed by atoms with E-state index in [1.54, 1.807) is 20.1 Å². The van der Waals surface area contributed by atoms with Crippen molar-refractivity contribution in [2.45, 2.75) is 72.8 Å². The van der Waals surface area contributed by atoms with Crippen molar-refractivity contribution in [3.63, 3.8) is 0 Å². The van der Waals surface area contributed by atoms with Gasteiger partial charge in [0.15, 0.2) is 0 Å². The number of amides is 1. The molecule has 0 spiro atoms. The Hall–Kier alpha value is -3.09. The third-order valence-electron chi connectivity index (χ3n) is 6.28. The molecule has 0 aliphatic carbocycles. The summed E-state index contributed by atoms with van der Waals surface area (Å²) in [6, 6.07) is 0.933. The zero-order valence-electron chi connectivity index (χ0n) is 19.7. The number of aryl methyl sites for hydroxylation is 2. The lowest BCUT2D eigenvalue weighted by Crippen LogP contribution is -2.45. The van der Waals surface area contributed by atoms with Crippen LogP contribution in [0.2, 0.25) is 0 Å². The molecule has 2 N–H and O–H groups in total. The molecule has 0 bridgehead atoms. The number of hydrogen-bond acceptors (Lipinski definition) is 5. The molecule has 2 heterocycles. The molecular weight excluding hydrogens is 410 g/mol. The van der Waals surface area contributed by atoms with Crippen LogP contribution in [0.5, 0.6) is 0 Å². The summed E-state index contributed by atoms with van der Waals surface area (Å²) >= 11 is 0. The number of benzene rings is 1. The van der Waals surface area contributed by atoms with Gasteiger partial charge in [-0.25, -0.2) is 9.59 Å². The molecule has 172 valence electrons. The molecule has 7 heteroatoms. The smallest absolute Gasteiger partial charge is 0.340 e. The van der Waals surface area contributed by atoms with Gasteiger partial charge in [-0.05, 0) is 36.8 Å². The van der Waals surface area contributed by atoms with E-state index in [9.17, 15) is 19.5 Å². The molecule has 32 heavy (non-hydrogen) atoms. The summed E-state index contributed by atoms with van der Waals surface area (Å²) in [5.74, 6) is -1.86. The third-order valence-corrected chi connectivity index (χ3v) is 6.28. The lowest BCUT2D eigenvalue weighted by atomic mass is 9.86. The summed E-state index contributed by atoms with van der Waals surface area (Å²) in [4.78, 5) is 36.9. The maximum Gasteiger partial charge on any atom is 0.340 e. The first kappa shape index (κ1) is 23.6. The number of carboxylic acids is 1. The van der Waals surface area contributed by atoms with Gasteiger partial charge in [0.1, 0.15) is 17.2 Å². The summed E-state index contributed by atoms with van der Waals surface area (Å²) in [5.41, 5.74) is 3.00. The summed E-state index contributed by atoms with van der Waals surface area (Å²) in [5, 5.41) is 13.7. The normalized spacial score (nSPS) is 14.0. The summed E-state index contributed by atoms with van der Waals surface area (Å²) in [6.45, 7) is 13.6. The van der Waals surface area contributed by atoms with Crippen LogP contribution < -0.4 is 10.9 Å². The fourth-order valence-corrected chi connectivity index (χ4v) is 4.05. The Labute approximate surface area is 186 Å². The van der Waals surface area contributed by atoms with E-state index in [1.165, 1.54) is 0 Å². The number of aliphatic carboxylic acids is 1. The van der Waals surface area contributed by atoms with Crippen LogP contribution in [-0.2, 0) is 21.4 Å². The monoisotopic (exact) mass is 441 g/mol. The van der Waals surface area contributed by atoms with Crippen molar-refractivity contribution in [2.75, 3.05) is 0 Å². The van der Waals surface area contributed by atoms with Gasteiger partial charge in [0, 0.05) is 21.9 Å². The number of rotatable bonds is 6. The molecule has 0 saturated carbocycles. The second-order valence-corrected chi connectivity index (χ2v) is 9.59. The first-order chi connectivity index (χ1) is 14.9. The molecule has 1 amide bonds. The topological polar surface area (TPSA) is 110 Å². The molecule has 2 aromatic heterocycles. The second kappa shape index (κ2) is 8.45. The Balaban J connectivity index is 2.09. The molecule has 3 aromatic rings. The van der Waals surface area contributed by atoms with E-state index in [2.05, 4.69) is 26.1 Å². The van der Waals surface area contributed by atoms with Crippen molar-refractivity contribution in [3.8, 4) is 0 Å². The summed E-state index contributed by atoms with van der Waals surface area (Å²) in [7, 11) is 0. The minimum atomic E-state index is -1.09. The summed E-state index contributed by atoms with van der Waals surface area (Å²) in [6.07, 6.45) is 2.09. The van der Waals surface area contributed by atoms with Gasteiger partial charge in [-0.3, -0.25) is 4.79 Å². The molecule has 2 atom stereocenters.